The quantitative estimate of drug-likeness (QED) is 0.145. The maximum atomic E-state index is 8.99. The van der Waals surface area contributed by atoms with Crippen molar-refractivity contribution < 1.29 is 23.7 Å². The highest BCUT2D eigenvalue weighted by Crippen LogP contribution is 2.19. The van der Waals surface area contributed by atoms with Gasteiger partial charge in [-0.2, -0.15) is 5.26 Å². The summed E-state index contributed by atoms with van der Waals surface area (Å²) in [6, 6.07) is 7.76. The summed E-state index contributed by atoms with van der Waals surface area (Å²) in [6.45, 7) is 14.4. The number of nitrogens with zero attached hydrogens (tertiary/aromatic N) is 1. The van der Waals surface area contributed by atoms with Crippen LogP contribution in [-0.2, 0) is 18.9 Å². The third-order valence-electron chi connectivity index (χ3n) is 4.05. The number of likely N-dealkylation sites (N-methyl/N-ethyl adjacent to an activating group) is 1. The lowest BCUT2D eigenvalue weighted by molar-refractivity contribution is 0.0163. The Kier molecular flexibility index (Phi) is 23.5. The molecule has 0 amide bonds. The van der Waals surface area contributed by atoms with E-state index < -0.39 is 0 Å². The molecule has 8 nitrogen and oxygen atoms in total. The molecular weight excluding hydrogens is 454 g/mol. The maximum Gasteiger partial charge on any atom is 0.151 e. The number of nitrogens with one attached hydrogen (secondary N) is 2. The highest BCUT2D eigenvalue weighted by molar-refractivity contribution is 8.04. The Morgan fingerprint density at radius 1 is 0.941 bits per heavy atom. The van der Waals surface area contributed by atoms with E-state index in [1.54, 1.807) is 0 Å². The number of anilines is 1. The Balaban J connectivity index is 0.00000529. The zero-order valence-electron chi connectivity index (χ0n) is 21.6. The average Bonchev–Trinajstić information content (AvgIpc) is 2.84. The summed E-state index contributed by atoms with van der Waals surface area (Å²) in [7, 11) is 1.90. The number of hydrogen-bond donors (Lipinski definition) is 2. The molecular formula is C25H45N3O5S. The standard InChI is InChI=1S/C23H39N3O5S.C2H6/c1-20(2)17-29-14-15-30-23(32-19-24)18-31-22-7-4-6-21(16-22)26-8-5-10-27-12-13-28-11-9-25-3;1-2/h4,6-7,16,20,23,25-26H,5,8-15,17-18H2,1-3H3;1-2H3. The van der Waals surface area contributed by atoms with Gasteiger partial charge < -0.3 is 34.3 Å². The van der Waals surface area contributed by atoms with E-state index in [1.807, 2.05) is 45.2 Å². The van der Waals surface area contributed by atoms with Gasteiger partial charge in [0.15, 0.2) is 5.44 Å². The number of benzene rings is 1. The largest absolute Gasteiger partial charge is 0.490 e. The van der Waals surface area contributed by atoms with Crippen LogP contribution in [0.25, 0.3) is 0 Å². The molecule has 0 aliphatic rings. The van der Waals surface area contributed by atoms with Crippen molar-refractivity contribution in [3.8, 4) is 11.2 Å². The molecule has 0 aliphatic carbocycles. The Morgan fingerprint density at radius 3 is 2.38 bits per heavy atom. The van der Waals surface area contributed by atoms with Gasteiger partial charge in [0.2, 0.25) is 0 Å². The smallest absolute Gasteiger partial charge is 0.151 e. The van der Waals surface area contributed by atoms with Gasteiger partial charge in [0.1, 0.15) is 17.8 Å². The molecule has 0 saturated heterocycles. The molecule has 9 heteroatoms. The van der Waals surface area contributed by atoms with Crippen LogP contribution in [0.15, 0.2) is 24.3 Å². The summed E-state index contributed by atoms with van der Waals surface area (Å²) >= 11 is 1.05. The van der Waals surface area contributed by atoms with Crippen molar-refractivity contribution >= 4 is 17.4 Å². The van der Waals surface area contributed by atoms with E-state index in [4.69, 9.17) is 28.9 Å². The number of nitriles is 1. The molecule has 34 heavy (non-hydrogen) atoms. The average molecular weight is 500 g/mol. The molecule has 0 aliphatic heterocycles. The van der Waals surface area contributed by atoms with Crippen LogP contribution in [0.2, 0.25) is 0 Å². The van der Waals surface area contributed by atoms with E-state index in [2.05, 4.69) is 29.9 Å². The van der Waals surface area contributed by atoms with E-state index in [0.717, 1.165) is 42.7 Å². The molecule has 1 atom stereocenters. The van der Waals surface area contributed by atoms with Crippen LogP contribution in [0, 0.1) is 16.6 Å². The fourth-order valence-corrected chi connectivity index (χ4v) is 2.91. The lowest BCUT2D eigenvalue weighted by Crippen LogP contribution is -2.20. The second kappa shape index (κ2) is 24.6. The van der Waals surface area contributed by atoms with Crippen molar-refractivity contribution in [2.75, 3.05) is 78.3 Å². The first kappa shape index (κ1) is 32.5. The number of thiocyanates is 1. The summed E-state index contributed by atoms with van der Waals surface area (Å²) in [4.78, 5) is 0. The van der Waals surface area contributed by atoms with E-state index in [0.29, 0.717) is 52.2 Å². The number of thioether (sulfide) groups is 1. The minimum Gasteiger partial charge on any atom is -0.490 e. The SMILES string of the molecule is CC.CNCCOCCOCCCNc1cccc(OCC(OCCOCC(C)C)SC#N)c1. The van der Waals surface area contributed by atoms with E-state index in [9.17, 15) is 0 Å². The van der Waals surface area contributed by atoms with Crippen molar-refractivity contribution in [1.82, 2.24) is 5.32 Å². The second-order valence-corrected chi connectivity index (χ2v) is 8.37. The first-order chi connectivity index (χ1) is 16.7. The zero-order chi connectivity index (χ0) is 25.3. The van der Waals surface area contributed by atoms with Crippen molar-refractivity contribution in [3.05, 3.63) is 24.3 Å². The van der Waals surface area contributed by atoms with Crippen LogP contribution in [0.3, 0.4) is 0 Å². The van der Waals surface area contributed by atoms with Crippen molar-refractivity contribution in [3.63, 3.8) is 0 Å². The van der Waals surface area contributed by atoms with Gasteiger partial charge in [-0.15, -0.1) is 0 Å². The van der Waals surface area contributed by atoms with Crippen LogP contribution in [0.1, 0.15) is 34.1 Å². The third-order valence-corrected chi connectivity index (χ3v) is 4.69. The molecule has 1 rings (SSSR count). The molecule has 0 aromatic heterocycles. The summed E-state index contributed by atoms with van der Waals surface area (Å²) in [5, 5.41) is 17.5. The van der Waals surface area contributed by atoms with Gasteiger partial charge in [-0.3, -0.25) is 0 Å². The first-order valence-electron chi connectivity index (χ1n) is 12.2. The Hall–Kier alpha value is -1.54. The number of rotatable bonds is 21. The normalized spacial score (nSPS) is 11.4. The minimum atomic E-state index is -0.362. The maximum absolute atomic E-state index is 8.99. The lowest BCUT2D eigenvalue weighted by atomic mass is 10.2. The molecule has 1 aromatic carbocycles. The number of ether oxygens (including phenoxy) is 5. The van der Waals surface area contributed by atoms with Gasteiger partial charge in [-0.25, -0.2) is 0 Å². The monoisotopic (exact) mass is 499 g/mol. The van der Waals surface area contributed by atoms with Crippen LogP contribution < -0.4 is 15.4 Å². The molecule has 0 saturated carbocycles. The highest BCUT2D eigenvalue weighted by Gasteiger charge is 2.11. The molecule has 0 bridgehead atoms. The predicted molar refractivity (Wildman–Crippen MR) is 141 cm³/mol. The summed E-state index contributed by atoms with van der Waals surface area (Å²) in [6.07, 6.45) is 0.898. The van der Waals surface area contributed by atoms with Gasteiger partial charge in [-0.1, -0.05) is 33.8 Å². The summed E-state index contributed by atoms with van der Waals surface area (Å²) in [5.74, 6) is 1.22. The Bertz CT molecular complexity index is 616. The molecule has 1 unspecified atom stereocenters. The Labute approximate surface area is 211 Å². The highest BCUT2D eigenvalue weighted by atomic mass is 32.2. The molecule has 2 N–H and O–H groups in total. The van der Waals surface area contributed by atoms with Gasteiger partial charge in [-0.05, 0) is 43.3 Å². The summed E-state index contributed by atoms with van der Waals surface area (Å²) < 4.78 is 28.0. The fourth-order valence-electron chi connectivity index (χ4n) is 2.50. The molecule has 0 fully saturated rings. The van der Waals surface area contributed by atoms with Crippen LogP contribution in [0.5, 0.6) is 5.75 Å². The van der Waals surface area contributed by atoms with Crippen molar-refractivity contribution in [1.29, 1.82) is 5.26 Å². The predicted octanol–water partition coefficient (Wildman–Crippen LogP) is 4.38. The second-order valence-electron chi connectivity index (χ2n) is 7.43. The Morgan fingerprint density at radius 2 is 1.68 bits per heavy atom. The molecule has 196 valence electrons. The molecule has 1 aromatic rings. The van der Waals surface area contributed by atoms with Crippen LogP contribution >= 0.6 is 11.8 Å². The minimum absolute atomic E-state index is 0.288. The van der Waals surface area contributed by atoms with Gasteiger partial charge in [0, 0.05) is 38.1 Å². The topological polar surface area (TPSA) is 94.0 Å². The van der Waals surface area contributed by atoms with Gasteiger partial charge >= 0.3 is 0 Å². The molecule has 0 heterocycles. The number of hydrogen-bond acceptors (Lipinski definition) is 9. The zero-order valence-corrected chi connectivity index (χ0v) is 22.5. The van der Waals surface area contributed by atoms with Crippen LogP contribution in [-0.4, -0.2) is 78.4 Å². The van der Waals surface area contributed by atoms with Gasteiger partial charge in [0.25, 0.3) is 0 Å². The van der Waals surface area contributed by atoms with Crippen LogP contribution in [0.4, 0.5) is 5.69 Å². The van der Waals surface area contributed by atoms with E-state index in [1.165, 1.54) is 0 Å². The van der Waals surface area contributed by atoms with Crippen molar-refractivity contribution in [2.24, 2.45) is 5.92 Å². The third kappa shape index (κ3) is 19.9. The summed E-state index contributed by atoms with van der Waals surface area (Å²) in [5.41, 5.74) is 0.615. The molecule has 0 radical (unpaired) electrons. The van der Waals surface area contributed by atoms with E-state index >= 15 is 0 Å². The lowest BCUT2D eigenvalue weighted by Gasteiger charge is -2.16. The van der Waals surface area contributed by atoms with Crippen molar-refractivity contribution in [2.45, 2.75) is 39.6 Å². The van der Waals surface area contributed by atoms with Gasteiger partial charge in [0.05, 0.1) is 33.0 Å². The fraction of sp³-hybridized carbons (Fsp3) is 0.720. The molecule has 0 spiro atoms. The first-order valence-corrected chi connectivity index (χ1v) is 13.0. The van der Waals surface area contributed by atoms with E-state index in [-0.39, 0.29) is 12.0 Å².